The van der Waals surface area contributed by atoms with Crippen LogP contribution in [0.4, 0.5) is 4.39 Å². The number of hydrogen-bond donors (Lipinski definition) is 0. The van der Waals surface area contributed by atoms with Gasteiger partial charge in [0, 0.05) is 26.2 Å². The molecule has 5 rings (SSSR count). The lowest BCUT2D eigenvalue weighted by atomic mass is 9.95. The van der Waals surface area contributed by atoms with E-state index in [4.69, 9.17) is 4.74 Å². The Balaban J connectivity index is 1.31. The molecule has 10 heteroatoms. The third kappa shape index (κ3) is 5.96. The monoisotopic (exact) mass is 607 g/mol. The van der Waals surface area contributed by atoms with Gasteiger partial charge >= 0.3 is 11.8 Å². The van der Waals surface area contributed by atoms with Crippen LogP contribution in [0.1, 0.15) is 51.2 Å². The van der Waals surface area contributed by atoms with E-state index in [9.17, 15) is 22.4 Å². The molecule has 0 saturated carbocycles. The Hall–Kier alpha value is -3.60. The molecule has 2 aliphatic heterocycles. The maximum atomic E-state index is 13.8. The Morgan fingerprint density at radius 1 is 0.674 bits per heavy atom. The van der Waals surface area contributed by atoms with Gasteiger partial charge in [-0.05, 0) is 85.7 Å². The molecule has 2 unspecified atom stereocenters. The van der Waals surface area contributed by atoms with Crippen LogP contribution in [-0.2, 0) is 24.3 Å². The minimum absolute atomic E-state index is 0.0974. The van der Waals surface area contributed by atoms with E-state index in [1.165, 1.54) is 26.2 Å². The summed E-state index contributed by atoms with van der Waals surface area (Å²) < 4.78 is 48.9. The highest BCUT2D eigenvalue weighted by atomic mass is 32.2. The molecule has 8 nitrogen and oxygen atoms in total. The molecule has 228 valence electrons. The average Bonchev–Trinajstić information content (AvgIpc) is 3.02. The lowest BCUT2D eigenvalue weighted by molar-refractivity contribution is -0.161. The molecule has 2 fully saturated rings. The van der Waals surface area contributed by atoms with Crippen molar-refractivity contribution in [3.05, 3.63) is 99.4 Å². The fourth-order valence-electron chi connectivity index (χ4n) is 6.02. The minimum atomic E-state index is -3.80. The van der Waals surface area contributed by atoms with Gasteiger partial charge in [-0.1, -0.05) is 42.5 Å². The highest BCUT2D eigenvalue weighted by Gasteiger charge is 2.39. The number of hydrogen-bond acceptors (Lipinski definition) is 5. The van der Waals surface area contributed by atoms with E-state index < -0.39 is 34.0 Å². The summed E-state index contributed by atoms with van der Waals surface area (Å²) in [5, 5.41) is 0. The van der Waals surface area contributed by atoms with E-state index in [2.05, 4.69) is 0 Å². The Bertz CT molecular complexity index is 1610. The number of rotatable bonds is 4. The predicted octanol–water partition coefficient (Wildman–Crippen LogP) is 4.54. The molecule has 2 amide bonds. The molecular weight excluding hydrogens is 569 g/mol. The van der Waals surface area contributed by atoms with Gasteiger partial charge in [-0.15, -0.1) is 0 Å². The molecule has 0 bridgehead atoms. The van der Waals surface area contributed by atoms with Crippen LogP contribution in [0.25, 0.3) is 0 Å². The summed E-state index contributed by atoms with van der Waals surface area (Å²) in [6.07, 6.45) is -1.03. The summed E-state index contributed by atoms with van der Waals surface area (Å²) in [5.74, 6) is -1.71. The Kier molecular flexibility index (Phi) is 8.74. The molecule has 0 aliphatic carbocycles. The summed E-state index contributed by atoms with van der Waals surface area (Å²) in [7, 11) is -3.80. The third-order valence-electron chi connectivity index (χ3n) is 9.04. The van der Waals surface area contributed by atoms with Gasteiger partial charge in [0.05, 0.1) is 18.0 Å². The van der Waals surface area contributed by atoms with E-state index in [0.29, 0.717) is 10.5 Å². The molecule has 0 radical (unpaired) electrons. The van der Waals surface area contributed by atoms with Crippen LogP contribution in [-0.4, -0.2) is 73.6 Å². The highest BCUT2D eigenvalue weighted by molar-refractivity contribution is 7.89. The summed E-state index contributed by atoms with van der Waals surface area (Å²) in [5.41, 5.74) is 6.06. The number of sulfonamides is 1. The zero-order valence-corrected chi connectivity index (χ0v) is 26.1. The number of ether oxygens (including phenoxy) is 1. The van der Waals surface area contributed by atoms with Gasteiger partial charge < -0.3 is 14.5 Å². The van der Waals surface area contributed by atoms with Gasteiger partial charge in [0.2, 0.25) is 10.0 Å². The van der Waals surface area contributed by atoms with E-state index in [1.807, 2.05) is 65.0 Å². The van der Waals surface area contributed by atoms with E-state index >= 15 is 0 Å². The van der Waals surface area contributed by atoms with Crippen molar-refractivity contribution in [3.63, 3.8) is 0 Å². The second kappa shape index (κ2) is 12.2. The lowest BCUT2D eigenvalue weighted by Gasteiger charge is -2.40. The molecule has 43 heavy (non-hydrogen) atoms. The SMILES string of the molecule is Cc1c(C)c(C)c(S(=O)(=O)N2CCN(C(=O)C(=O)N3CC(c4ccccc4)OC(c4ccc(F)cc4)C3)CC2)c(C)c1C. The van der Waals surface area contributed by atoms with Gasteiger partial charge in [0.1, 0.15) is 18.0 Å². The van der Waals surface area contributed by atoms with Crippen molar-refractivity contribution in [2.24, 2.45) is 0 Å². The van der Waals surface area contributed by atoms with Crippen LogP contribution in [0, 0.1) is 40.4 Å². The second-order valence-corrected chi connectivity index (χ2v) is 13.3. The normalized spacial score (nSPS) is 19.9. The molecule has 3 aromatic rings. The number of halogens is 1. The van der Waals surface area contributed by atoms with E-state index in [-0.39, 0.29) is 45.1 Å². The Labute approximate surface area is 253 Å². The summed E-state index contributed by atoms with van der Waals surface area (Å²) in [6, 6.07) is 15.4. The standard InChI is InChI=1S/C33H38FN3O5S/c1-21-22(2)24(4)31(25(5)23(21)3)43(40,41)37-17-15-35(16-18-37)32(38)33(39)36-19-29(26-9-7-6-8-10-26)42-30(20-36)27-11-13-28(34)14-12-27/h6-14,29-30H,15-20H2,1-5H3. The molecule has 2 saturated heterocycles. The Morgan fingerprint density at radius 2 is 1.14 bits per heavy atom. The van der Waals surface area contributed by atoms with E-state index in [0.717, 1.165) is 33.4 Å². The fraction of sp³-hybridized carbons (Fsp3) is 0.394. The summed E-state index contributed by atoms with van der Waals surface area (Å²) in [4.78, 5) is 30.3. The maximum absolute atomic E-state index is 13.8. The molecule has 0 N–H and O–H groups in total. The predicted molar refractivity (Wildman–Crippen MR) is 161 cm³/mol. The fourth-order valence-corrected chi connectivity index (χ4v) is 8.00. The van der Waals surface area contributed by atoms with Crippen LogP contribution in [0.3, 0.4) is 0 Å². The molecule has 2 heterocycles. The van der Waals surface area contributed by atoms with Gasteiger partial charge in [0.15, 0.2) is 0 Å². The van der Waals surface area contributed by atoms with Gasteiger partial charge in [0.25, 0.3) is 0 Å². The van der Waals surface area contributed by atoms with Crippen molar-refractivity contribution in [1.29, 1.82) is 0 Å². The summed E-state index contributed by atoms with van der Waals surface area (Å²) >= 11 is 0. The average molecular weight is 608 g/mol. The molecule has 0 spiro atoms. The van der Waals surface area contributed by atoms with E-state index in [1.54, 1.807) is 12.1 Å². The number of benzene rings is 3. The van der Waals surface area contributed by atoms with Crippen molar-refractivity contribution in [3.8, 4) is 0 Å². The number of morpholine rings is 1. The van der Waals surface area contributed by atoms with Gasteiger partial charge in [-0.2, -0.15) is 4.31 Å². The first kappa shape index (κ1) is 30.8. The topological polar surface area (TPSA) is 87.2 Å². The summed E-state index contributed by atoms with van der Waals surface area (Å²) in [6.45, 7) is 10.3. The second-order valence-electron chi connectivity index (χ2n) is 11.4. The molecule has 2 atom stereocenters. The van der Waals surface area contributed by atoms with Crippen LogP contribution >= 0.6 is 0 Å². The first-order chi connectivity index (χ1) is 20.4. The zero-order chi connectivity index (χ0) is 31.1. The quantitative estimate of drug-likeness (QED) is 0.407. The smallest absolute Gasteiger partial charge is 0.312 e. The van der Waals surface area contributed by atoms with Gasteiger partial charge in [-0.3, -0.25) is 9.59 Å². The molecule has 2 aliphatic rings. The van der Waals surface area contributed by atoms with Crippen molar-refractivity contribution in [2.45, 2.75) is 51.7 Å². The first-order valence-corrected chi connectivity index (χ1v) is 15.9. The third-order valence-corrected chi connectivity index (χ3v) is 11.2. The molecule has 0 aromatic heterocycles. The Morgan fingerprint density at radius 3 is 1.67 bits per heavy atom. The first-order valence-electron chi connectivity index (χ1n) is 14.5. The largest absolute Gasteiger partial charge is 0.362 e. The van der Waals surface area contributed by atoms with Crippen molar-refractivity contribution in [2.75, 3.05) is 39.3 Å². The van der Waals surface area contributed by atoms with Crippen LogP contribution in [0.5, 0.6) is 0 Å². The van der Waals surface area contributed by atoms with Crippen molar-refractivity contribution in [1.82, 2.24) is 14.1 Å². The van der Waals surface area contributed by atoms with Gasteiger partial charge in [-0.25, -0.2) is 12.8 Å². The number of carbonyl (C=O) groups excluding carboxylic acids is 2. The number of amides is 2. The van der Waals surface area contributed by atoms with Crippen LogP contribution in [0.15, 0.2) is 59.5 Å². The van der Waals surface area contributed by atoms with Crippen LogP contribution < -0.4 is 0 Å². The van der Waals surface area contributed by atoms with Crippen LogP contribution in [0.2, 0.25) is 0 Å². The number of carbonyl (C=O) groups is 2. The zero-order valence-electron chi connectivity index (χ0n) is 25.3. The number of nitrogens with zero attached hydrogens (tertiary/aromatic N) is 3. The maximum Gasteiger partial charge on any atom is 0.312 e. The van der Waals surface area contributed by atoms with Crippen molar-refractivity contribution >= 4 is 21.8 Å². The highest BCUT2D eigenvalue weighted by Crippen LogP contribution is 2.34. The molecular formula is C33H38FN3O5S. The minimum Gasteiger partial charge on any atom is -0.362 e. The number of piperazine rings is 1. The lowest BCUT2D eigenvalue weighted by Crippen LogP contribution is -2.56. The molecule has 3 aromatic carbocycles. The van der Waals surface area contributed by atoms with Crippen molar-refractivity contribution < 1.29 is 27.1 Å².